The molecule has 2 aromatic rings. The molecule has 9 heteroatoms. The average molecular weight is 364 g/mol. The van der Waals surface area contributed by atoms with E-state index in [1.807, 2.05) is 0 Å². The molecule has 0 spiro atoms. The molecule has 1 atom stereocenters. The Balaban J connectivity index is 1.65. The van der Waals surface area contributed by atoms with Crippen molar-refractivity contribution < 1.29 is 23.1 Å². The van der Waals surface area contributed by atoms with Crippen LogP contribution >= 0.6 is 0 Å². The molecular weight excluding hydrogens is 346 g/mol. The number of benzene rings is 1. The number of rotatable bonds is 3. The summed E-state index contributed by atoms with van der Waals surface area (Å²) >= 11 is 0. The third kappa shape index (κ3) is 4.23. The molecule has 2 amide bonds. The predicted molar refractivity (Wildman–Crippen MR) is 89.6 cm³/mol. The van der Waals surface area contributed by atoms with E-state index in [1.54, 1.807) is 13.1 Å². The maximum absolute atomic E-state index is 13.1. The van der Waals surface area contributed by atoms with Crippen molar-refractivity contribution >= 4 is 23.3 Å². The van der Waals surface area contributed by atoms with Gasteiger partial charge in [-0.1, -0.05) is 0 Å². The summed E-state index contributed by atoms with van der Waals surface area (Å²) in [5.41, 5.74) is 0.628. The predicted octanol–water partition coefficient (Wildman–Crippen LogP) is 2.17. The molecular formula is C17H18F2N4O3. The van der Waals surface area contributed by atoms with Gasteiger partial charge in [0, 0.05) is 37.4 Å². The molecule has 1 aromatic carbocycles. The van der Waals surface area contributed by atoms with Gasteiger partial charge in [-0.3, -0.25) is 14.3 Å². The quantitative estimate of drug-likeness (QED) is 0.818. The van der Waals surface area contributed by atoms with Gasteiger partial charge in [0.15, 0.2) is 0 Å². The van der Waals surface area contributed by atoms with Crippen LogP contribution in [0.5, 0.6) is 0 Å². The number of halogens is 2. The standard InChI is InChI=1S/C17H18F2N4O3/c1-23-15(8-14(22-23)10-3-2-4-26-9-10)21-17(25)16(24)20-13-6-11(18)5-12(19)7-13/h5-8,10H,2-4,9H2,1H3,(H,20,24)(H,21,25). The number of amides is 2. The molecule has 3 rings (SSSR count). The molecule has 1 aliphatic rings. The number of aryl methyl sites for hydroxylation is 1. The number of carbonyl (C=O) groups excluding carboxylic acids is 2. The third-order valence-corrected chi connectivity index (χ3v) is 4.05. The second-order valence-corrected chi connectivity index (χ2v) is 6.06. The van der Waals surface area contributed by atoms with Gasteiger partial charge >= 0.3 is 11.8 Å². The van der Waals surface area contributed by atoms with Crippen molar-refractivity contribution in [2.45, 2.75) is 18.8 Å². The van der Waals surface area contributed by atoms with E-state index in [2.05, 4.69) is 15.7 Å². The summed E-state index contributed by atoms with van der Waals surface area (Å²) < 4.78 is 33.2. The average Bonchev–Trinajstić information content (AvgIpc) is 2.95. The number of nitrogens with one attached hydrogen (secondary N) is 2. The highest BCUT2D eigenvalue weighted by Crippen LogP contribution is 2.26. The van der Waals surface area contributed by atoms with E-state index >= 15 is 0 Å². The lowest BCUT2D eigenvalue weighted by Crippen LogP contribution is -2.29. The minimum Gasteiger partial charge on any atom is -0.381 e. The molecule has 7 nitrogen and oxygen atoms in total. The van der Waals surface area contributed by atoms with Gasteiger partial charge in [0.25, 0.3) is 0 Å². The van der Waals surface area contributed by atoms with E-state index in [0.717, 1.165) is 37.3 Å². The van der Waals surface area contributed by atoms with Gasteiger partial charge in [0.05, 0.1) is 12.3 Å². The SMILES string of the molecule is Cn1nc(C2CCCOC2)cc1NC(=O)C(=O)Nc1cc(F)cc(F)c1. The minimum absolute atomic E-state index is 0.143. The topological polar surface area (TPSA) is 85.2 Å². The van der Waals surface area contributed by atoms with Crippen LogP contribution in [0.15, 0.2) is 24.3 Å². The Labute approximate surface area is 148 Å². The summed E-state index contributed by atoms with van der Waals surface area (Å²) in [5.74, 6) is -3.23. The zero-order valence-electron chi connectivity index (χ0n) is 14.1. The molecule has 26 heavy (non-hydrogen) atoms. The number of anilines is 2. The van der Waals surface area contributed by atoms with E-state index in [-0.39, 0.29) is 11.6 Å². The third-order valence-electron chi connectivity index (χ3n) is 4.05. The monoisotopic (exact) mass is 364 g/mol. The van der Waals surface area contributed by atoms with Crippen molar-refractivity contribution in [1.29, 1.82) is 0 Å². The Morgan fingerprint density at radius 3 is 2.50 bits per heavy atom. The normalized spacial score (nSPS) is 17.0. The van der Waals surface area contributed by atoms with E-state index < -0.39 is 23.4 Å². The van der Waals surface area contributed by atoms with Gasteiger partial charge in [0.1, 0.15) is 17.5 Å². The lowest BCUT2D eigenvalue weighted by atomic mass is 9.99. The molecule has 1 saturated heterocycles. The molecule has 2 heterocycles. The molecule has 0 radical (unpaired) electrons. The highest BCUT2D eigenvalue weighted by molar-refractivity contribution is 6.43. The Morgan fingerprint density at radius 1 is 1.15 bits per heavy atom. The summed E-state index contributed by atoms with van der Waals surface area (Å²) in [6.45, 7) is 1.30. The second-order valence-electron chi connectivity index (χ2n) is 6.06. The summed E-state index contributed by atoms with van der Waals surface area (Å²) in [7, 11) is 1.64. The van der Waals surface area contributed by atoms with E-state index in [9.17, 15) is 18.4 Å². The molecule has 0 bridgehead atoms. The molecule has 1 unspecified atom stereocenters. The van der Waals surface area contributed by atoms with E-state index in [1.165, 1.54) is 4.68 Å². The van der Waals surface area contributed by atoms with Crippen LogP contribution in [0.25, 0.3) is 0 Å². The van der Waals surface area contributed by atoms with Crippen LogP contribution in [0.3, 0.4) is 0 Å². The summed E-state index contributed by atoms with van der Waals surface area (Å²) in [4.78, 5) is 24.0. The minimum atomic E-state index is -1.04. The molecule has 0 aliphatic carbocycles. The van der Waals surface area contributed by atoms with Crippen molar-refractivity contribution in [2.75, 3.05) is 23.8 Å². The second kappa shape index (κ2) is 7.61. The first-order valence-electron chi connectivity index (χ1n) is 8.12. The van der Waals surface area contributed by atoms with Crippen LogP contribution in [-0.4, -0.2) is 34.8 Å². The summed E-state index contributed by atoms with van der Waals surface area (Å²) in [6.07, 6.45) is 1.88. The van der Waals surface area contributed by atoms with Crippen LogP contribution in [0, 0.1) is 11.6 Å². The molecule has 1 aromatic heterocycles. The molecule has 1 aliphatic heterocycles. The molecule has 2 N–H and O–H groups in total. The highest BCUT2D eigenvalue weighted by atomic mass is 19.1. The van der Waals surface area contributed by atoms with Gasteiger partial charge in [-0.25, -0.2) is 8.78 Å². The van der Waals surface area contributed by atoms with E-state index in [4.69, 9.17) is 4.74 Å². The van der Waals surface area contributed by atoms with E-state index in [0.29, 0.717) is 18.5 Å². The van der Waals surface area contributed by atoms with Crippen molar-refractivity contribution in [1.82, 2.24) is 9.78 Å². The zero-order chi connectivity index (χ0) is 18.7. The van der Waals surface area contributed by atoms with Gasteiger partial charge in [0.2, 0.25) is 0 Å². The number of ether oxygens (including phenoxy) is 1. The van der Waals surface area contributed by atoms with Crippen molar-refractivity contribution in [3.05, 3.63) is 41.6 Å². The summed E-state index contributed by atoms with van der Waals surface area (Å²) in [6, 6.07) is 4.19. The number of aromatic nitrogens is 2. The fourth-order valence-corrected chi connectivity index (χ4v) is 2.77. The molecule has 138 valence electrons. The van der Waals surface area contributed by atoms with Crippen LogP contribution in [0.2, 0.25) is 0 Å². The van der Waals surface area contributed by atoms with Crippen LogP contribution in [0.1, 0.15) is 24.5 Å². The Hall–Kier alpha value is -2.81. The molecule has 1 fully saturated rings. The number of hydrogen-bond acceptors (Lipinski definition) is 4. The maximum Gasteiger partial charge on any atom is 0.315 e. The first-order valence-corrected chi connectivity index (χ1v) is 8.12. The number of nitrogens with zero attached hydrogens (tertiary/aromatic N) is 2. The number of carbonyl (C=O) groups is 2. The van der Waals surface area contributed by atoms with Crippen LogP contribution < -0.4 is 10.6 Å². The number of hydrogen-bond donors (Lipinski definition) is 2. The van der Waals surface area contributed by atoms with Gasteiger partial charge < -0.3 is 15.4 Å². The van der Waals surface area contributed by atoms with Gasteiger partial charge in [-0.2, -0.15) is 5.10 Å². The zero-order valence-corrected chi connectivity index (χ0v) is 14.1. The first-order chi connectivity index (χ1) is 12.4. The van der Waals surface area contributed by atoms with Gasteiger partial charge in [-0.15, -0.1) is 0 Å². The van der Waals surface area contributed by atoms with Crippen molar-refractivity contribution in [2.24, 2.45) is 7.05 Å². The Kier molecular flexibility index (Phi) is 5.27. The fraction of sp³-hybridized carbons (Fsp3) is 0.353. The highest BCUT2D eigenvalue weighted by Gasteiger charge is 2.22. The fourth-order valence-electron chi connectivity index (χ4n) is 2.77. The molecule has 0 saturated carbocycles. The lowest BCUT2D eigenvalue weighted by molar-refractivity contribution is -0.133. The Bertz CT molecular complexity index is 811. The van der Waals surface area contributed by atoms with Gasteiger partial charge in [-0.05, 0) is 25.0 Å². The largest absolute Gasteiger partial charge is 0.381 e. The summed E-state index contributed by atoms with van der Waals surface area (Å²) in [5, 5.41) is 8.94. The van der Waals surface area contributed by atoms with Crippen molar-refractivity contribution in [3.8, 4) is 0 Å². The smallest absolute Gasteiger partial charge is 0.315 e. The Morgan fingerprint density at radius 2 is 1.85 bits per heavy atom. The first kappa shape index (κ1) is 18.0. The lowest BCUT2D eigenvalue weighted by Gasteiger charge is -2.19. The maximum atomic E-state index is 13.1. The van der Waals surface area contributed by atoms with Crippen LogP contribution in [-0.2, 0) is 21.4 Å². The van der Waals surface area contributed by atoms with Crippen LogP contribution in [0.4, 0.5) is 20.3 Å². The van der Waals surface area contributed by atoms with Crippen molar-refractivity contribution in [3.63, 3.8) is 0 Å².